The topological polar surface area (TPSA) is 52.0 Å². The quantitative estimate of drug-likeness (QED) is 0.716. The minimum Gasteiger partial charge on any atom is -0.382 e. The first kappa shape index (κ1) is 17.1. The summed E-state index contributed by atoms with van der Waals surface area (Å²) in [5.41, 5.74) is 0. The van der Waals surface area contributed by atoms with E-state index in [0.717, 1.165) is 38.1 Å². The van der Waals surface area contributed by atoms with Crippen molar-refractivity contribution in [3.05, 3.63) is 12.2 Å². The number of methoxy groups -OCH3 is 1. The zero-order chi connectivity index (χ0) is 15.0. The molecule has 1 heterocycles. The van der Waals surface area contributed by atoms with Crippen LogP contribution in [0.15, 0.2) is 6.33 Å². The van der Waals surface area contributed by atoms with Gasteiger partial charge < -0.3 is 10.1 Å². The van der Waals surface area contributed by atoms with Crippen molar-refractivity contribution in [1.82, 2.24) is 20.1 Å². The lowest BCUT2D eigenvalue weighted by atomic mass is 10.0. The summed E-state index contributed by atoms with van der Waals surface area (Å²) in [4.78, 5) is 4.41. The lowest BCUT2D eigenvalue weighted by Crippen LogP contribution is -2.33. The molecule has 0 saturated heterocycles. The molecule has 0 fully saturated rings. The van der Waals surface area contributed by atoms with Crippen molar-refractivity contribution >= 4 is 0 Å². The molecule has 20 heavy (non-hydrogen) atoms. The van der Waals surface area contributed by atoms with Gasteiger partial charge in [0.25, 0.3) is 0 Å². The standard InChI is InChI=1S/C15H30N4O/c1-6-9-16-14(8-7-13(4)20-5)10-15-17-11-18-19(15)12(2)3/h11-14,16H,6-10H2,1-5H3. The van der Waals surface area contributed by atoms with E-state index in [0.29, 0.717) is 18.2 Å². The summed E-state index contributed by atoms with van der Waals surface area (Å²) < 4.78 is 7.36. The van der Waals surface area contributed by atoms with Crippen molar-refractivity contribution in [2.24, 2.45) is 0 Å². The summed E-state index contributed by atoms with van der Waals surface area (Å²) in [5.74, 6) is 1.07. The third-order valence-corrected chi connectivity index (χ3v) is 3.57. The average Bonchev–Trinajstić information content (AvgIpc) is 2.89. The van der Waals surface area contributed by atoms with E-state index >= 15 is 0 Å². The molecule has 0 spiro atoms. The Balaban J connectivity index is 2.60. The van der Waals surface area contributed by atoms with E-state index in [1.807, 2.05) is 4.68 Å². The van der Waals surface area contributed by atoms with E-state index in [9.17, 15) is 0 Å². The minimum atomic E-state index is 0.309. The molecular formula is C15H30N4O. The fraction of sp³-hybridized carbons (Fsp3) is 0.867. The van der Waals surface area contributed by atoms with E-state index in [1.165, 1.54) is 0 Å². The number of rotatable bonds is 10. The van der Waals surface area contributed by atoms with Crippen LogP contribution in [0.3, 0.4) is 0 Å². The first-order chi connectivity index (χ1) is 9.58. The van der Waals surface area contributed by atoms with Crippen LogP contribution in [0, 0.1) is 0 Å². The predicted molar refractivity (Wildman–Crippen MR) is 81.9 cm³/mol. The van der Waals surface area contributed by atoms with E-state index in [4.69, 9.17) is 4.74 Å². The number of nitrogens with one attached hydrogen (secondary N) is 1. The molecule has 0 aliphatic carbocycles. The Kier molecular flexibility index (Phi) is 7.77. The van der Waals surface area contributed by atoms with E-state index < -0.39 is 0 Å². The van der Waals surface area contributed by atoms with Crippen LogP contribution in [-0.2, 0) is 11.2 Å². The highest BCUT2D eigenvalue weighted by atomic mass is 16.5. The molecule has 0 aliphatic heterocycles. The highest BCUT2D eigenvalue weighted by Gasteiger charge is 2.15. The van der Waals surface area contributed by atoms with Gasteiger partial charge in [0.1, 0.15) is 12.2 Å². The van der Waals surface area contributed by atoms with Crippen molar-refractivity contribution in [1.29, 1.82) is 0 Å². The van der Waals surface area contributed by atoms with E-state index in [-0.39, 0.29) is 0 Å². The molecule has 0 bridgehead atoms. The second-order valence-corrected chi connectivity index (χ2v) is 5.69. The maximum Gasteiger partial charge on any atom is 0.138 e. The summed E-state index contributed by atoms with van der Waals surface area (Å²) in [6.07, 6.45) is 6.20. The zero-order valence-electron chi connectivity index (χ0n) is 13.6. The summed E-state index contributed by atoms with van der Waals surface area (Å²) in [7, 11) is 1.77. The van der Waals surface area contributed by atoms with Crippen LogP contribution in [-0.4, -0.2) is 40.6 Å². The maximum absolute atomic E-state index is 5.34. The molecule has 0 saturated carbocycles. The minimum absolute atomic E-state index is 0.309. The van der Waals surface area contributed by atoms with Crippen LogP contribution in [0.2, 0.25) is 0 Å². The largest absolute Gasteiger partial charge is 0.382 e. The highest BCUT2D eigenvalue weighted by molar-refractivity contribution is 4.91. The van der Waals surface area contributed by atoms with Gasteiger partial charge >= 0.3 is 0 Å². The number of nitrogens with zero attached hydrogens (tertiary/aromatic N) is 3. The van der Waals surface area contributed by atoms with Crippen molar-refractivity contribution in [3.8, 4) is 0 Å². The Morgan fingerprint density at radius 3 is 2.65 bits per heavy atom. The number of aromatic nitrogens is 3. The van der Waals surface area contributed by atoms with Crippen LogP contribution in [0.4, 0.5) is 0 Å². The van der Waals surface area contributed by atoms with Crippen molar-refractivity contribution in [2.45, 2.75) is 71.6 Å². The summed E-state index contributed by atoms with van der Waals surface area (Å²) in [6, 6.07) is 0.798. The molecule has 0 radical (unpaired) electrons. The van der Waals surface area contributed by atoms with Gasteiger partial charge in [0.15, 0.2) is 0 Å². The number of ether oxygens (including phenoxy) is 1. The monoisotopic (exact) mass is 282 g/mol. The second kappa shape index (κ2) is 9.08. The molecular weight excluding hydrogens is 252 g/mol. The first-order valence-electron chi connectivity index (χ1n) is 7.73. The van der Waals surface area contributed by atoms with Crippen LogP contribution < -0.4 is 5.32 Å². The highest BCUT2D eigenvalue weighted by Crippen LogP contribution is 2.12. The van der Waals surface area contributed by atoms with Crippen LogP contribution in [0.5, 0.6) is 0 Å². The molecule has 0 amide bonds. The van der Waals surface area contributed by atoms with Gasteiger partial charge in [-0.15, -0.1) is 0 Å². The number of hydrogen-bond acceptors (Lipinski definition) is 4. The SMILES string of the molecule is CCCNC(CCC(C)OC)Cc1ncnn1C(C)C. The Morgan fingerprint density at radius 1 is 1.30 bits per heavy atom. The Morgan fingerprint density at radius 2 is 2.05 bits per heavy atom. The Hall–Kier alpha value is -0.940. The van der Waals surface area contributed by atoms with Crippen LogP contribution in [0.1, 0.15) is 58.8 Å². The van der Waals surface area contributed by atoms with Gasteiger partial charge in [-0.3, -0.25) is 0 Å². The molecule has 2 unspecified atom stereocenters. The molecule has 0 aliphatic rings. The fourth-order valence-corrected chi connectivity index (χ4v) is 2.25. The van der Waals surface area contributed by atoms with E-state index in [2.05, 4.69) is 43.1 Å². The second-order valence-electron chi connectivity index (χ2n) is 5.69. The zero-order valence-corrected chi connectivity index (χ0v) is 13.6. The molecule has 2 atom stereocenters. The lowest BCUT2D eigenvalue weighted by Gasteiger charge is -2.20. The number of hydrogen-bond donors (Lipinski definition) is 1. The molecule has 0 aromatic carbocycles. The smallest absolute Gasteiger partial charge is 0.138 e. The van der Waals surface area contributed by atoms with Crippen molar-refractivity contribution in [2.75, 3.05) is 13.7 Å². The molecule has 5 nitrogen and oxygen atoms in total. The molecule has 116 valence electrons. The van der Waals surface area contributed by atoms with E-state index in [1.54, 1.807) is 13.4 Å². The van der Waals surface area contributed by atoms with Crippen LogP contribution in [0.25, 0.3) is 0 Å². The molecule has 5 heteroatoms. The molecule has 1 aromatic heterocycles. The first-order valence-corrected chi connectivity index (χ1v) is 7.73. The van der Waals surface area contributed by atoms with Crippen molar-refractivity contribution in [3.63, 3.8) is 0 Å². The van der Waals surface area contributed by atoms with Gasteiger partial charge in [-0.1, -0.05) is 6.92 Å². The summed E-state index contributed by atoms with van der Waals surface area (Å²) in [5, 5.41) is 7.93. The Labute approximate surface area is 123 Å². The van der Waals surface area contributed by atoms with Gasteiger partial charge in [0.05, 0.1) is 6.10 Å². The van der Waals surface area contributed by atoms with Gasteiger partial charge in [-0.2, -0.15) is 5.10 Å². The van der Waals surface area contributed by atoms with Crippen LogP contribution >= 0.6 is 0 Å². The fourth-order valence-electron chi connectivity index (χ4n) is 2.25. The molecule has 1 N–H and O–H groups in total. The van der Waals surface area contributed by atoms with Gasteiger partial charge in [-0.05, 0) is 46.6 Å². The molecule has 1 rings (SSSR count). The summed E-state index contributed by atoms with van der Waals surface area (Å²) in [6.45, 7) is 9.63. The van der Waals surface area contributed by atoms with Crippen molar-refractivity contribution < 1.29 is 4.74 Å². The van der Waals surface area contributed by atoms with Gasteiger partial charge in [0.2, 0.25) is 0 Å². The Bertz CT molecular complexity index is 365. The average molecular weight is 282 g/mol. The normalized spacial score (nSPS) is 14.7. The summed E-state index contributed by atoms with van der Waals surface area (Å²) >= 11 is 0. The van der Waals surface area contributed by atoms with Gasteiger partial charge in [-0.25, -0.2) is 9.67 Å². The third kappa shape index (κ3) is 5.59. The third-order valence-electron chi connectivity index (χ3n) is 3.57. The lowest BCUT2D eigenvalue weighted by molar-refractivity contribution is 0.106. The predicted octanol–water partition coefficient (Wildman–Crippen LogP) is 2.58. The van der Waals surface area contributed by atoms with Gasteiger partial charge in [0, 0.05) is 25.6 Å². The molecule has 1 aromatic rings. The maximum atomic E-state index is 5.34.